The highest BCUT2D eigenvalue weighted by Gasteiger charge is 2.15. The molecule has 0 spiro atoms. The van der Waals surface area contributed by atoms with Crippen LogP contribution in [0.15, 0.2) is 17.6 Å². The van der Waals surface area contributed by atoms with Crippen LogP contribution in [0.25, 0.3) is 0 Å². The highest BCUT2D eigenvalue weighted by Crippen LogP contribution is 2.19. The zero-order chi connectivity index (χ0) is 13.1. The van der Waals surface area contributed by atoms with Crippen LogP contribution in [0.1, 0.15) is 13.8 Å². The van der Waals surface area contributed by atoms with Gasteiger partial charge < -0.3 is 10.6 Å². The van der Waals surface area contributed by atoms with Crippen molar-refractivity contribution in [3.8, 4) is 0 Å². The van der Waals surface area contributed by atoms with Crippen molar-refractivity contribution >= 4 is 29.5 Å². The van der Waals surface area contributed by atoms with E-state index in [0.29, 0.717) is 0 Å². The number of hydrogen-bond donors (Lipinski definition) is 2. The largest absolute Gasteiger partial charge is 0.356 e. The van der Waals surface area contributed by atoms with Crippen molar-refractivity contribution in [2.24, 2.45) is 4.99 Å². The Morgan fingerprint density at radius 1 is 1.41 bits per heavy atom. The first-order valence-electron chi connectivity index (χ1n) is 5.74. The number of nitrogens with zero attached hydrogens (tertiary/aromatic N) is 1. The lowest BCUT2D eigenvalue weighted by Crippen LogP contribution is -2.43. The van der Waals surface area contributed by atoms with Gasteiger partial charge >= 0.3 is 0 Å². The second kappa shape index (κ2) is 9.71. The third kappa shape index (κ3) is 9.41. The van der Waals surface area contributed by atoms with Gasteiger partial charge in [-0.2, -0.15) is 23.5 Å². The summed E-state index contributed by atoms with van der Waals surface area (Å²) in [7, 11) is 1.80. The molecule has 0 aliphatic carbocycles. The van der Waals surface area contributed by atoms with Crippen LogP contribution >= 0.6 is 23.5 Å². The molecule has 0 fully saturated rings. The van der Waals surface area contributed by atoms with E-state index in [-0.39, 0.29) is 4.75 Å². The lowest BCUT2D eigenvalue weighted by atomic mass is 10.2. The average Bonchev–Trinajstić information content (AvgIpc) is 2.32. The third-order valence-electron chi connectivity index (χ3n) is 2.23. The molecular formula is C12H25N3S2. The second-order valence-electron chi connectivity index (χ2n) is 4.18. The molecule has 0 bridgehead atoms. The highest BCUT2D eigenvalue weighted by molar-refractivity contribution is 8.00. The molecule has 0 aromatic heterocycles. The number of hydrogen-bond acceptors (Lipinski definition) is 3. The summed E-state index contributed by atoms with van der Waals surface area (Å²) in [6.45, 7) is 9.97. The van der Waals surface area contributed by atoms with Gasteiger partial charge in [0.05, 0.1) is 0 Å². The predicted molar refractivity (Wildman–Crippen MR) is 84.5 cm³/mol. The lowest BCUT2D eigenvalue weighted by Gasteiger charge is -2.23. The Morgan fingerprint density at radius 3 is 2.65 bits per heavy atom. The van der Waals surface area contributed by atoms with Gasteiger partial charge in [-0.1, -0.05) is 6.08 Å². The molecule has 0 unspecified atom stereocenters. The second-order valence-corrected chi connectivity index (χ2v) is 6.84. The van der Waals surface area contributed by atoms with Crippen LogP contribution in [0.5, 0.6) is 0 Å². The van der Waals surface area contributed by atoms with E-state index in [1.807, 2.05) is 29.6 Å². The molecule has 2 N–H and O–H groups in total. The molecule has 0 saturated carbocycles. The van der Waals surface area contributed by atoms with E-state index in [1.165, 1.54) is 0 Å². The molecule has 0 atom stereocenters. The summed E-state index contributed by atoms with van der Waals surface area (Å²) < 4.78 is 0.231. The molecule has 0 heterocycles. The number of aliphatic imine (C=N–C) groups is 1. The van der Waals surface area contributed by atoms with Crippen molar-refractivity contribution in [2.75, 3.05) is 37.9 Å². The van der Waals surface area contributed by atoms with Gasteiger partial charge in [-0.3, -0.25) is 4.99 Å². The Morgan fingerprint density at radius 2 is 2.12 bits per heavy atom. The fourth-order valence-electron chi connectivity index (χ4n) is 0.998. The van der Waals surface area contributed by atoms with E-state index in [2.05, 4.69) is 42.3 Å². The zero-order valence-corrected chi connectivity index (χ0v) is 13.0. The predicted octanol–water partition coefficient (Wildman–Crippen LogP) is 2.21. The van der Waals surface area contributed by atoms with Crippen LogP contribution in [-0.2, 0) is 0 Å². The summed E-state index contributed by atoms with van der Waals surface area (Å²) in [5.74, 6) is 2.96. The minimum atomic E-state index is 0.231. The number of guanidine groups is 1. The van der Waals surface area contributed by atoms with Crippen molar-refractivity contribution in [1.82, 2.24) is 10.6 Å². The van der Waals surface area contributed by atoms with Crippen molar-refractivity contribution in [2.45, 2.75) is 18.6 Å². The smallest absolute Gasteiger partial charge is 0.191 e. The maximum atomic E-state index is 4.20. The molecule has 17 heavy (non-hydrogen) atoms. The highest BCUT2D eigenvalue weighted by atomic mass is 32.2. The zero-order valence-electron chi connectivity index (χ0n) is 11.4. The van der Waals surface area contributed by atoms with Crippen molar-refractivity contribution in [3.63, 3.8) is 0 Å². The first kappa shape index (κ1) is 16.7. The lowest BCUT2D eigenvalue weighted by molar-refractivity contribution is 0.667. The number of rotatable bonds is 8. The summed E-state index contributed by atoms with van der Waals surface area (Å²) in [5.41, 5.74) is 0. The van der Waals surface area contributed by atoms with Crippen LogP contribution in [0.3, 0.4) is 0 Å². The van der Waals surface area contributed by atoms with E-state index in [4.69, 9.17) is 0 Å². The quantitative estimate of drug-likeness (QED) is 0.308. The summed E-state index contributed by atoms with van der Waals surface area (Å²) >= 11 is 3.72. The van der Waals surface area contributed by atoms with Gasteiger partial charge in [0.25, 0.3) is 0 Å². The maximum Gasteiger partial charge on any atom is 0.191 e. The molecule has 5 heteroatoms. The van der Waals surface area contributed by atoms with Gasteiger partial charge in [0.2, 0.25) is 0 Å². The average molecular weight is 275 g/mol. The molecule has 3 nitrogen and oxygen atoms in total. The molecule has 0 radical (unpaired) electrons. The van der Waals surface area contributed by atoms with Gasteiger partial charge in [0, 0.05) is 36.4 Å². The van der Waals surface area contributed by atoms with Gasteiger partial charge in [-0.05, 0) is 20.1 Å². The van der Waals surface area contributed by atoms with Gasteiger partial charge in [-0.25, -0.2) is 0 Å². The normalized spacial score (nSPS) is 12.4. The van der Waals surface area contributed by atoms with Crippen molar-refractivity contribution in [1.29, 1.82) is 0 Å². The molecule has 100 valence electrons. The topological polar surface area (TPSA) is 36.4 Å². The Kier molecular flexibility index (Phi) is 9.55. The summed E-state index contributed by atoms with van der Waals surface area (Å²) in [4.78, 5) is 4.20. The standard InChI is InChI=1S/C12H25N3S2/c1-6-8-17-9-7-14-11(13-4)15-10-12(2,3)16-5/h6H,1,7-10H2,2-5H3,(H2,13,14,15). The fraction of sp³-hybridized carbons (Fsp3) is 0.750. The van der Waals surface area contributed by atoms with E-state index < -0.39 is 0 Å². The Bertz CT molecular complexity index is 240. The first-order chi connectivity index (χ1) is 8.05. The molecule has 0 amide bonds. The summed E-state index contributed by atoms with van der Waals surface area (Å²) in [5, 5.41) is 6.64. The number of nitrogens with one attached hydrogen (secondary N) is 2. The van der Waals surface area contributed by atoms with Crippen LogP contribution in [0, 0.1) is 0 Å². The molecular weight excluding hydrogens is 250 g/mol. The Labute approximate surface area is 114 Å². The fourth-order valence-corrected chi connectivity index (χ4v) is 1.79. The Balaban J connectivity index is 3.75. The van der Waals surface area contributed by atoms with E-state index >= 15 is 0 Å². The van der Waals surface area contributed by atoms with E-state index in [9.17, 15) is 0 Å². The monoisotopic (exact) mass is 275 g/mol. The summed E-state index contributed by atoms with van der Waals surface area (Å²) in [6.07, 6.45) is 4.06. The van der Waals surface area contributed by atoms with Crippen molar-refractivity contribution in [3.05, 3.63) is 12.7 Å². The van der Waals surface area contributed by atoms with E-state index in [0.717, 1.165) is 30.6 Å². The molecule has 0 aliphatic rings. The first-order valence-corrected chi connectivity index (χ1v) is 8.12. The minimum absolute atomic E-state index is 0.231. The molecule has 0 rings (SSSR count). The van der Waals surface area contributed by atoms with Gasteiger partial charge in [-0.15, -0.1) is 6.58 Å². The molecule has 0 aliphatic heterocycles. The SMILES string of the molecule is C=CCSCCNC(=NC)NCC(C)(C)SC. The van der Waals surface area contributed by atoms with Crippen LogP contribution in [0.2, 0.25) is 0 Å². The minimum Gasteiger partial charge on any atom is -0.356 e. The van der Waals surface area contributed by atoms with Crippen LogP contribution < -0.4 is 10.6 Å². The number of thioether (sulfide) groups is 2. The van der Waals surface area contributed by atoms with Gasteiger partial charge in [0.15, 0.2) is 5.96 Å². The maximum absolute atomic E-state index is 4.20. The summed E-state index contributed by atoms with van der Waals surface area (Å²) in [6, 6.07) is 0. The molecule has 0 saturated heterocycles. The molecule has 0 aromatic rings. The Hall–Kier alpha value is -0.290. The van der Waals surface area contributed by atoms with Crippen LogP contribution in [0.4, 0.5) is 0 Å². The van der Waals surface area contributed by atoms with Crippen molar-refractivity contribution < 1.29 is 0 Å². The van der Waals surface area contributed by atoms with Gasteiger partial charge in [0.1, 0.15) is 0 Å². The third-order valence-corrected chi connectivity index (χ3v) is 4.45. The van der Waals surface area contributed by atoms with Crippen LogP contribution in [-0.4, -0.2) is 48.6 Å². The molecule has 0 aromatic carbocycles. The van der Waals surface area contributed by atoms with E-state index in [1.54, 1.807) is 7.05 Å².